The van der Waals surface area contributed by atoms with Gasteiger partial charge in [0.05, 0.1) is 0 Å². The molecular formula is C9H7N3O2S. The van der Waals surface area contributed by atoms with Crippen LogP contribution in [0.15, 0.2) is 28.7 Å². The van der Waals surface area contributed by atoms with Crippen LogP contribution in [0.1, 0.15) is 10.7 Å². The van der Waals surface area contributed by atoms with Crippen LogP contribution in [0.5, 0.6) is 0 Å². The monoisotopic (exact) mass is 221 g/mol. The quantitative estimate of drug-likeness (QED) is 0.696. The predicted molar refractivity (Wildman–Crippen MR) is 58.3 cm³/mol. The highest BCUT2D eigenvalue weighted by atomic mass is 32.1. The van der Waals surface area contributed by atoms with E-state index in [9.17, 15) is 4.79 Å². The van der Waals surface area contributed by atoms with Gasteiger partial charge < -0.3 is 10.2 Å². The first-order valence-electron chi connectivity index (χ1n) is 4.13. The number of nitrogens with two attached hydrogens (primary N) is 1. The summed E-state index contributed by atoms with van der Waals surface area (Å²) in [6.45, 7) is 0. The Balaban J connectivity index is 2.36. The second-order valence-electron chi connectivity index (χ2n) is 2.81. The van der Waals surface area contributed by atoms with Crippen molar-refractivity contribution < 1.29 is 9.21 Å². The second kappa shape index (κ2) is 3.66. The van der Waals surface area contributed by atoms with Crippen molar-refractivity contribution in [3.05, 3.63) is 30.2 Å². The van der Waals surface area contributed by atoms with Gasteiger partial charge in [-0.05, 0) is 24.4 Å². The van der Waals surface area contributed by atoms with Gasteiger partial charge in [0.15, 0.2) is 10.7 Å². The molecule has 6 heteroatoms. The van der Waals surface area contributed by atoms with Gasteiger partial charge in [0, 0.05) is 0 Å². The summed E-state index contributed by atoms with van der Waals surface area (Å²) in [5, 5.41) is 2.13. The molecule has 0 spiro atoms. The van der Waals surface area contributed by atoms with Crippen molar-refractivity contribution in [2.24, 2.45) is 5.73 Å². The molecule has 1 aromatic carbocycles. The van der Waals surface area contributed by atoms with Crippen molar-refractivity contribution in [2.45, 2.75) is 0 Å². The third-order valence-electron chi connectivity index (χ3n) is 1.72. The normalized spacial score (nSPS) is 10.1. The lowest BCUT2D eigenvalue weighted by atomic mass is 10.3. The van der Waals surface area contributed by atoms with Gasteiger partial charge in [-0.25, -0.2) is 4.98 Å². The Bertz CT molecular complexity index is 502. The van der Waals surface area contributed by atoms with Gasteiger partial charge in [0.1, 0.15) is 5.52 Å². The molecule has 1 heterocycles. The van der Waals surface area contributed by atoms with Crippen LogP contribution >= 0.6 is 12.2 Å². The molecule has 0 fully saturated rings. The van der Waals surface area contributed by atoms with Gasteiger partial charge in [0.25, 0.3) is 5.89 Å². The number of nitrogens with zero attached hydrogens (tertiary/aromatic N) is 1. The largest absolute Gasteiger partial charge is 0.432 e. The topological polar surface area (TPSA) is 81.1 Å². The highest BCUT2D eigenvalue weighted by Crippen LogP contribution is 2.14. The van der Waals surface area contributed by atoms with E-state index in [1.54, 1.807) is 24.3 Å². The van der Waals surface area contributed by atoms with Crippen molar-refractivity contribution in [2.75, 3.05) is 0 Å². The molecule has 0 atom stereocenters. The maximum atomic E-state index is 11.4. The molecule has 0 unspecified atom stereocenters. The molecule has 5 nitrogen and oxygen atoms in total. The molecule has 15 heavy (non-hydrogen) atoms. The van der Waals surface area contributed by atoms with Gasteiger partial charge in [-0.2, -0.15) is 0 Å². The average molecular weight is 221 g/mol. The fraction of sp³-hybridized carbons (Fsp3) is 0. The number of para-hydroxylation sites is 2. The maximum Gasteiger partial charge on any atom is 0.313 e. The van der Waals surface area contributed by atoms with Crippen LogP contribution in [0, 0.1) is 0 Å². The highest BCUT2D eigenvalue weighted by molar-refractivity contribution is 7.80. The van der Waals surface area contributed by atoms with E-state index in [1.807, 2.05) is 0 Å². The van der Waals surface area contributed by atoms with Crippen LogP contribution in [-0.2, 0) is 0 Å². The SMILES string of the molecule is NC(=S)NC(=O)c1nc2ccccc2o1. The van der Waals surface area contributed by atoms with Crippen LogP contribution in [0.25, 0.3) is 11.1 Å². The molecule has 1 amide bonds. The predicted octanol–water partition coefficient (Wildman–Crippen LogP) is 0.801. The Kier molecular flexibility index (Phi) is 2.34. The third kappa shape index (κ3) is 1.94. The molecule has 3 N–H and O–H groups in total. The lowest BCUT2D eigenvalue weighted by Gasteiger charge is -1.95. The number of benzene rings is 1. The minimum absolute atomic E-state index is 0.0519. The number of hydrogen-bond donors (Lipinski definition) is 2. The Morgan fingerprint density at radius 2 is 2.20 bits per heavy atom. The molecular weight excluding hydrogens is 214 g/mol. The fourth-order valence-electron chi connectivity index (χ4n) is 1.13. The van der Waals surface area contributed by atoms with E-state index in [1.165, 1.54) is 0 Å². The number of thiocarbonyl (C=S) groups is 1. The van der Waals surface area contributed by atoms with Gasteiger partial charge in [-0.3, -0.25) is 10.1 Å². The van der Waals surface area contributed by atoms with Gasteiger partial charge >= 0.3 is 5.91 Å². The molecule has 0 saturated carbocycles. The maximum absolute atomic E-state index is 11.4. The average Bonchev–Trinajstić information content (AvgIpc) is 2.59. The number of carbonyl (C=O) groups is 1. The molecule has 0 saturated heterocycles. The Morgan fingerprint density at radius 1 is 1.47 bits per heavy atom. The number of rotatable bonds is 1. The number of carbonyl (C=O) groups excluding carboxylic acids is 1. The zero-order valence-corrected chi connectivity index (χ0v) is 8.38. The first-order chi connectivity index (χ1) is 7.16. The standard InChI is InChI=1S/C9H7N3O2S/c10-9(15)12-7(13)8-11-5-3-1-2-4-6(5)14-8/h1-4H,(H3,10,12,13,15). The number of amides is 1. The summed E-state index contributed by atoms with van der Waals surface area (Å²) < 4.78 is 5.19. The minimum Gasteiger partial charge on any atom is -0.432 e. The minimum atomic E-state index is -0.543. The van der Waals surface area contributed by atoms with E-state index in [-0.39, 0.29) is 11.0 Å². The van der Waals surface area contributed by atoms with Crippen molar-refractivity contribution in [1.82, 2.24) is 10.3 Å². The van der Waals surface area contributed by atoms with Crippen LogP contribution in [0.4, 0.5) is 0 Å². The van der Waals surface area contributed by atoms with Crippen LogP contribution in [-0.4, -0.2) is 16.0 Å². The second-order valence-corrected chi connectivity index (χ2v) is 3.24. The van der Waals surface area contributed by atoms with E-state index in [0.29, 0.717) is 11.1 Å². The van der Waals surface area contributed by atoms with Crippen molar-refractivity contribution in [1.29, 1.82) is 0 Å². The zero-order chi connectivity index (χ0) is 10.8. The molecule has 0 bridgehead atoms. The first-order valence-corrected chi connectivity index (χ1v) is 4.54. The van der Waals surface area contributed by atoms with Crippen molar-refractivity contribution in [3.63, 3.8) is 0 Å². The lowest BCUT2D eigenvalue weighted by molar-refractivity contribution is 0.0946. The number of fused-ring (bicyclic) bond motifs is 1. The summed E-state index contributed by atoms with van der Waals surface area (Å²) in [5.41, 5.74) is 6.32. The third-order valence-corrected chi connectivity index (χ3v) is 1.83. The fourth-order valence-corrected chi connectivity index (χ4v) is 1.23. The summed E-state index contributed by atoms with van der Waals surface area (Å²) >= 11 is 4.53. The first kappa shape index (κ1) is 9.60. The summed E-state index contributed by atoms with van der Waals surface area (Å²) in [5.74, 6) is -0.595. The van der Waals surface area contributed by atoms with Gasteiger partial charge in [-0.15, -0.1) is 0 Å². The van der Waals surface area contributed by atoms with Crippen molar-refractivity contribution >= 4 is 34.3 Å². The molecule has 2 aromatic rings. The highest BCUT2D eigenvalue weighted by Gasteiger charge is 2.13. The van der Waals surface area contributed by atoms with Gasteiger partial charge in [-0.1, -0.05) is 12.1 Å². The Hall–Kier alpha value is -1.95. The number of hydrogen-bond acceptors (Lipinski definition) is 4. The molecule has 1 aromatic heterocycles. The Labute approximate surface area is 90.3 Å². The number of aromatic nitrogens is 1. The summed E-state index contributed by atoms with van der Waals surface area (Å²) in [6, 6.07) is 7.07. The van der Waals surface area contributed by atoms with Gasteiger partial charge in [0.2, 0.25) is 0 Å². The van der Waals surface area contributed by atoms with Crippen LogP contribution < -0.4 is 11.1 Å². The number of nitrogens with one attached hydrogen (secondary N) is 1. The molecule has 0 aliphatic heterocycles. The molecule has 2 rings (SSSR count). The molecule has 76 valence electrons. The van der Waals surface area contributed by atoms with Crippen LogP contribution in [0.3, 0.4) is 0 Å². The van der Waals surface area contributed by atoms with E-state index in [4.69, 9.17) is 10.2 Å². The summed E-state index contributed by atoms with van der Waals surface area (Å²) in [4.78, 5) is 15.4. The Morgan fingerprint density at radius 3 is 2.87 bits per heavy atom. The number of oxazole rings is 1. The summed E-state index contributed by atoms with van der Waals surface area (Å²) in [6.07, 6.45) is 0. The zero-order valence-electron chi connectivity index (χ0n) is 7.56. The van der Waals surface area contributed by atoms with Crippen LogP contribution in [0.2, 0.25) is 0 Å². The molecule has 0 radical (unpaired) electrons. The molecule has 0 aliphatic carbocycles. The van der Waals surface area contributed by atoms with E-state index < -0.39 is 5.91 Å². The lowest BCUT2D eigenvalue weighted by Crippen LogP contribution is -2.34. The van der Waals surface area contributed by atoms with Crippen molar-refractivity contribution in [3.8, 4) is 0 Å². The smallest absolute Gasteiger partial charge is 0.313 e. The summed E-state index contributed by atoms with van der Waals surface area (Å²) in [7, 11) is 0. The van der Waals surface area contributed by atoms with E-state index in [0.717, 1.165) is 0 Å². The molecule has 0 aliphatic rings. The van der Waals surface area contributed by atoms with E-state index in [2.05, 4.69) is 22.5 Å². The van der Waals surface area contributed by atoms with E-state index >= 15 is 0 Å².